The van der Waals surface area contributed by atoms with Crippen LogP contribution in [0.3, 0.4) is 0 Å². The van der Waals surface area contributed by atoms with Crippen LogP contribution >= 0.6 is 0 Å². The van der Waals surface area contributed by atoms with Crippen molar-refractivity contribution in [1.82, 2.24) is 15.0 Å². The molecule has 0 amide bonds. The van der Waals surface area contributed by atoms with Crippen molar-refractivity contribution in [3.63, 3.8) is 0 Å². The molecule has 3 rings (SSSR count). The van der Waals surface area contributed by atoms with Crippen LogP contribution in [0.5, 0.6) is 0 Å². The quantitative estimate of drug-likeness (QED) is 0.901. The number of piperidine rings is 1. The van der Waals surface area contributed by atoms with Crippen LogP contribution in [0.2, 0.25) is 0 Å². The van der Waals surface area contributed by atoms with Crippen LogP contribution in [0, 0.1) is 5.92 Å². The lowest BCUT2D eigenvalue weighted by Gasteiger charge is -2.30. The third kappa shape index (κ3) is 2.85. The highest BCUT2D eigenvalue weighted by Crippen LogP contribution is 2.19. The Morgan fingerprint density at radius 1 is 1.47 bits per heavy atom. The molecule has 0 aromatic carbocycles. The fourth-order valence-corrected chi connectivity index (χ4v) is 2.46. The van der Waals surface area contributed by atoms with Gasteiger partial charge in [0.2, 0.25) is 11.7 Å². The van der Waals surface area contributed by atoms with Crippen LogP contribution in [0.1, 0.15) is 18.7 Å². The monoisotopic (exact) mass is 263 g/mol. The summed E-state index contributed by atoms with van der Waals surface area (Å²) in [6, 6.07) is 1.80. The molecule has 0 saturated carbocycles. The Balaban J connectivity index is 1.64. The van der Waals surface area contributed by atoms with E-state index >= 15 is 0 Å². The van der Waals surface area contributed by atoms with Gasteiger partial charge in [-0.05, 0) is 31.4 Å². The summed E-state index contributed by atoms with van der Waals surface area (Å²) in [7, 11) is 0. The molecule has 1 fully saturated rings. The molecule has 0 radical (unpaired) electrons. The predicted octanol–water partition coefficient (Wildman–Crippen LogP) is 1.53. The summed E-state index contributed by atoms with van der Waals surface area (Å²) in [5.74, 6) is 1.53. The van der Waals surface area contributed by atoms with E-state index in [9.17, 15) is 5.11 Å². The second kappa shape index (κ2) is 5.54. The van der Waals surface area contributed by atoms with Crippen molar-refractivity contribution in [3.05, 3.63) is 24.5 Å². The van der Waals surface area contributed by atoms with Crippen molar-refractivity contribution in [1.29, 1.82) is 0 Å². The molecule has 1 N–H and O–H groups in total. The van der Waals surface area contributed by atoms with Gasteiger partial charge in [0.1, 0.15) is 6.26 Å². The van der Waals surface area contributed by atoms with E-state index in [0.717, 1.165) is 31.5 Å². The van der Waals surface area contributed by atoms with Crippen LogP contribution in [0.15, 0.2) is 27.5 Å². The first kappa shape index (κ1) is 12.4. The minimum atomic E-state index is 0.251. The van der Waals surface area contributed by atoms with E-state index in [1.807, 2.05) is 0 Å². The van der Waals surface area contributed by atoms with Crippen molar-refractivity contribution in [2.24, 2.45) is 5.92 Å². The van der Waals surface area contributed by atoms with Gasteiger partial charge in [-0.2, -0.15) is 4.98 Å². The van der Waals surface area contributed by atoms with Gasteiger partial charge in [-0.25, -0.2) is 0 Å². The zero-order valence-corrected chi connectivity index (χ0v) is 10.7. The van der Waals surface area contributed by atoms with Gasteiger partial charge >= 0.3 is 0 Å². The number of rotatable bonds is 4. The Labute approximate surface area is 111 Å². The minimum absolute atomic E-state index is 0.251. The summed E-state index contributed by atoms with van der Waals surface area (Å²) >= 11 is 0. The fourth-order valence-electron chi connectivity index (χ4n) is 2.46. The fraction of sp³-hybridized carbons (Fsp3) is 0.538. The van der Waals surface area contributed by atoms with Crippen LogP contribution < -0.4 is 0 Å². The molecule has 0 spiro atoms. The number of likely N-dealkylation sites (tertiary alicyclic amines) is 1. The van der Waals surface area contributed by atoms with Gasteiger partial charge in [0.15, 0.2) is 0 Å². The molecule has 0 aliphatic carbocycles. The zero-order valence-electron chi connectivity index (χ0n) is 10.7. The van der Waals surface area contributed by atoms with E-state index in [1.165, 1.54) is 0 Å². The molecule has 19 heavy (non-hydrogen) atoms. The molecule has 3 heterocycles. The Morgan fingerprint density at radius 3 is 3.21 bits per heavy atom. The molecule has 1 atom stereocenters. The maximum absolute atomic E-state index is 9.22. The zero-order chi connectivity index (χ0) is 13.1. The van der Waals surface area contributed by atoms with Gasteiger partial charge < -0.3 is 14.0 Å². The van der Waals surface area contributed by atoms with Crippen molar-refractivity contribution in [3.8, 4) is 11.4 Å². The van der Waals surface area contributed by atoms with Crippen molar-refractivity contribution >= 4 is 0 Å². The van der Waals surface area contributed by atoms with E-state index in [0.29, 0.717) is 24.2 Å². The Morgan fingerprint density at radius 2 is 2.42 bits per heavy atom. The summed E-state index contributed by atoms with van der Waals surface area (Å²) in [4.78, 5) is 6.60. The van der Waals surface area contributed by atoms with Gasteiger partial charge in [0.25, 0.3) is 0 Å². The van der Waals surface area contributed by atoms with Crippen molar-refractivity contribution in [2.45, 2.75) is 19.4 Å². The summed E-state index contributed by atoms with van der Waals surface area (Å²) in [6.07, 6.45) is 5.38. The largest absolute Gasteiger partial charge is 0.472 e. The SMILES string of the molecule is OCC1CCCN(Cc2nc(-c3ccoc3)no2)C1. The van der Waals surface area contributed by atoms with E-state index < -0.39 is 0 Å². The number of hydrogen-bond acceptors (Lipinski definition) is 6. The molecule has 1 unspecified atom stereocenters. The lowest BCUT2D eigenvalue weighted by Crippen LogP contribution is -2.36. The lowest BCUT2D eigenvalue weighted by atomic mass is 9.99. The third-order valence-electron chi connectivity index (χ3n) is 3.47. The molecule has 0 bridgehead atoms. The predicted molar refractivity (Wildman–Crippen MR) is 67.1 cm³/mol. The Kier molecular flexibility index (Phi) is 3.61. The van der Waals surface area contributed by atoms with Crippen LogP contribution in [0.4, 0.5) is 0 Å². The number of aliphatic hydroxyl groups excluding tert-OH is 1. The average molecular weight is 263 g/mol. The number of furan rings is 1. The highest BCUT2D eigenvalue weighted by molar-refractivity contribution is 5.51. The number of aromatic nitrogens is 2. The summed E-state index contributed by atoms with van der Waals surface area (Å²) in [6.45, 7) is 2.79. The highest BCUT2D eigenvalue weighted by atomic mass is 16.5. The van der Waals surface area contributed by atoms with Crippen molar-refractivity contribution in [2.75, 3.05) is 19.7 Å². The van der Waals surface area contributed by atoms with E-state index in [-0.39, 0.29) is 6.61 Å². The van der Waals surface area contributed by atoms with E-state index in [4.69, 9.17) is 8.94 Å². The van der Waals surface area contributed by atoms with E-state index in [2.05, 4.69) is 15.0 Å². The van der Waals surface area contributed by atoms with Gasteiger partial charge in [-0.3, -0.25) is 4.90 Å². The maximum Gasteiger partial charge on any atom is 0.241 e. The standard InChI is InChI=1S/C13H17N3O3/c17-8-10-2-1-4-16(6-10)7-12-14-13(15-19-12)11-3-5-18-9-11/h3,5,9-10,17H,1-2,4,6-8H2. The molecule has 2 aromatic rings. The number of aliphatic hydroxyl groups is 1. The first-order valence-electron chi connectivity index (χ1n) is 6.53. The summed E-state index contributed by atoms with van der Waals surface area (Å²) in [5, 5.41) is 13.2. The molecule has 6 heteroatoms. The molecule has 1 saturated heterocycles. The topological polar surface area (TPSA) is 75.5 Å². The normalized spacial score (nSPS) is 20.8. The second-order valence-electron chi connectivity index (χ2n) is 4.95. The third-order valence-corrected chi connectivity index (χ3v) is 3.47. The van der Waals surface area contributed by atoms with Gasteiger partial charge in [0.05, 0.1) is 18.4 Å². The first-order chi connectivity index (χ1) is 9.35. The van der Waals surface area contributed by atoms with Gasteiger partial charge in [-0.1, -0.05) is 5.16 Å². The van der Waals surface area contributed by atoms with Gasteiger partial charge in [0, 0.05) is 13.2 Å². The molecular formula is C13H17N3O3. The molecule has 1 aliphatic heterocycles. The lowest BCUT2D eigenvalue weighted by molar-refractivity contribution is 0.107. The molecule has 2 aromatic heterocycles. The van der Waals surface area contributed by atoms with Crippen molar-refractivity contribution < 1.29 is 14.0 Å². The molecule has 6 nitrogen and oxygen atoms in total. The highest BCUT2D eigenvalue weighted by Gasteiger charge is 2.21. The average Bonchev–Trinajstić information content (AvgIpc) is 3.09. The summed E-state index contributed by atoms with van der Waals surface area (Å²) in [5.41, 5.74) is 0.821. The van der Waals surface area contributed by atoms with Crippen LogP contribution in [-0.2, 0) is 6.54 Å². The Bertz CT molecular complexity index is 509. The van der Waals surface area contributed by atoms with Gasteiger partial charge in [-0.15, -0.1) is 0 Å². The second-order valence-corrected chi connectivity index (χ2v) is 4.95. The van der Waals surface area contributed by atoms with Crippen LogP contribution in [-0.4, -0.2) is 39.8 Å². The smallest absolute Gasteiger partial charge is 0.241 e. The summed E-state index contributed by atoms with van der Waals surface area (Å²) < 4.78 is 10.3. The molecule has 102 valence electrons. The maximum atomic E-state index is 9.22. The van der Waals surface area contributed by atoms with E-state index in [1.54, 1.807) is 18.6 Å². The first-order valence-corrected chi connectivity index (χ1v) is 6.53. The van der Waals surface area contributed by atoms with Crippen LogP contribution in [0.25, 0.3) is 11.4 Å². The number of nitrogens with zero attached hydrogens (tertiary/aromatic N) is 3. The molecular weight excluding hydrogens is 246 g/mol. The molecule has 1 aliphatic rings. The minimum Gasteiger partial charge on any atom is -0.472 e. The number of hydrogen-bond donors (Lipinski definition) is 1. The Hall–Kier alpha value is -1.66.